The number of carbonyl (C=O) groups is 1. The summed E-state index contributed by atoms with van der Waals surface area (Å²) in [5.41, 5.74) is 0.667. The molecule has 0 saturated heterocycles. The van der Waals surface area contributed by atoms with Crippen LogP contribution in [0, 0.1) is 40.4 Å². The third-order valence-electron chi connectivity index (χ3n) is 10.8. The Labute approximate surface area is 200 Å². The van der Waals surface area contributed by atoms with Crippen molar-refractivity contribution in [2.24, 2.45) is 40.4 Å². The lowest BCUT2D eigenvalue weighted by molar-refractivity contribution is -0.148. The van der Waals surface area contributed by atoms with Gasteiger partial charge in [0, 0.05) is 13.3 Å². The Morgan fingerprint density at radius 3 is 2.58 bits per heavy atom. The topological polar surface area (TPSA) is 46.5 Å². The van der Waals surface area contributed by atoms with Crippen molar-refractivity contribution in [3.63, 3.8) is 0 Å². The third kappa shape index (κ3) is 4.55. The Bertz CT molecular complexity index is 769. The largest absolute Gasteiger partial charge is 0.462 e. The van der Waals surface area contributed by atoms with Crippen LogP contribution in [-0.2, 0) is 9.53 Å². The summed E-state index contributed by atoms with van der Waals surface area (Å²) in [6, 6.07) is 0. The van der Waals surface area contributed by atoms with Gasteiger partial charge in [0.25, 0.3) is 0 Å². The van der Waals surface area contributed by atoms with Crippen molar-refractivity contribution in [1.82, 2.24) is 0 Å². The number of hydrogen-bond donors (Lipinski definition) is 1. The van der Waals surface area contributed by atoms with Gasteiger partial charge in [-0.25, -0.2) is 4.39 Å². The van der Waals surface area contributed by atoms with Gasteiger partial charge in [0.1, 0.15) is 11.8 Å². The van der Waals surface area contributed by atoms with Crippen molar-refractivity contribution in [3.05, 3.63) is 11.6 Å². The second-order valence-electron chi connectivity index (χ2n) is 13.1. The molecule has 33 heavy (non-hydrogen) atoms. The number of aliphatic hydroxyl groups is 1. The van der Waals surface area contributed by atoms with Gasteiger partial charge >= 0.3 is 5.97 Å². The lowest BCUT2D eigenvalue weighted by Gasteiger charge is -2.58. The molecule has 4 aliphatic carbocycles. The first-order chi connectivity index (χ1) is 15.4. The Morgan fingerprint density at radius 1 is 1.18 bits per heavy atom. The summed E-state index contributed by atoms with van der Waals surface area (Å²) in [7, 11) is 0. The smallest absolute Gasteiger partial charge is 0.302 e. The molecule has 188 valence electrons. The number of hydrogen-bond acceptors (Lipinski definition) is 3. The van der Waals surface area contributed by atoms with E-state index in [0.29, 0.717) is 23.7 Å². The average molecular weight is 463 g/mol. The van der Waals surface area contributed by atoms with Crippen molar-refractivity contribution in [1.29, 1.82) is 0 Å². The van der Waals surface area contributed by atoms with Crippen molar-refractivity contribution in [3.8, 4) is 0 Å². The number of halogens is 1. The molecule has 0 aliphatic heterocycles. The summed E-state index contributed by atoms with van der Waals surface area (Å²) in [6.45, 7) is 11.9. The van der Waals surface area contributed by atoms with Crippen LogP contribution in [0.2, 0.25) is 0 Å². The van der Waals surface area contributed by atoms with E-state index >= 15 is 0 Å². The molecular formula is C29H47FO3. The molecule has 0 heterocycles. The maximum absolute atomic E-state index is 14.1. The molecule has 0 aromatic carbocycles. The van der Waals surface area contributed by atoms with Crippen LogP contribution in [0.5, 0.6) is 0 Å². The third-order valence-corrected chi connectivity index (χ3v) is 10.8. The molecule has 0 bridgehead atoms. The van der Waals surface area contributed by atoms with E-state index in [1.165, 1.54) is 52.9 Å². The molecule has 4 aliphatic rings. The molecule has 3 nitrogen and oxygen atoms in total. The summed E-state index contributed by atoms with van der Waals surface area (Å²) < 4.78 is 19.7. The van der Waals surface area contributed by atoms with Crippen molar-refractivity contribution < 1.29 is 19.0 Å². The number of alkyl halides is 1. The zero-order chi connectivity index (χ0) is 24.2. The van der Waals surface area contributed by atoms with Gasteiger partial charge in [0.15, 0.2) is 0 Å². The molecule has 9 atom stereocenters. The van der Waals surface area contributed by atoms with Crippen LogP contribution < -0.4 is 0 Å². The van der Waals surface area contributed by atoms with E-state index in [1.807, 2.05) is 0 Å². The van der Waals surface area contributed by atoms with Gasteiger partial charge < -0.3 is 9.84 Å². The number of esters is 1. The highest BCUT2D eigenvalue weighted by atomic mass is 19.1. The molecule has 0 aromatic rings. The average Bonchev–Trinajstić information content (AvgIpc) is 3.08. The second kappa shape index (κ2) is 8.95. The van der Waals surface area contributed by atoms with E-state index in [1.54, 1.807) is 5.57 Å². The highest BCUT2D eigenvalue weighted by molar-refractivity contribution is 5.66. The van der Waals surface area contributed by atoms with E-state index in [9.17, 15) is 14.3 Å². The van der Waals surface area contributed by atoms with Crippen LogP contribution in [0.1, 0.15) is 106 Å². The Kier molecular flexibility index (Phi) is 6.84. The molecule has 4 rings (SSSR count). The normalized spacial score (nSPS) is 42.4. The fraction of sp³-hybridized carbons (Fsp3) is 0.897. The van der Waals surface area contributed by atoms with Gasteiger partial charge in [0.05, 0.1) is 6.10 Å². The minimum Gasteiger partial charge on any atom is -0.462 e. The summed E-state index contributed by atoms with van der Waals surface area (Å²) in [6.07, 6.45) is 12.6. The lowest BCUT2D eigenvalue weighted by Crippen LogP contribution is -2.51. The summed E-state index contributed by atoms with van der Waals surface area (Å²) in [5, 5.41) is 10.2. The number of ether oxygens (including phenoxy) is 1. The summed E-state index contributed by atoms with van der Waals surface area (Å²) >= 11 is 0. The van der Waals surface area contributed by atoms with Gasteiger partial charge in [-0.2, -0.15) is 0 Å². The van der Waals surface area contributed by atoms with Crippen molar-refractivity contribution >= 4 is 5.97 Å². The van der Waals surface area contributed by atoms with Crippen molar-refractivity contribution in [2.45, 2.75) is 124 Å². The first-order valence-corrected chi connectivity index (χ1v) is 13.6. The highest BCUT2D eigenvalue weighted by Crippen LogP contribution is 2.67. The van der Waals surface area contributed by atoms with E-state index < -0.39 is 11.8 Å². The highest BCUT2D eigenvalue weighted by Gasteiger charge is 2.59. The molecule has 0 aromatic heterocycles. The first kappa shape index (κ1) is 25.2. The molecule has 0 amide bonds. The lowest BCUT2D eigenvalue weighted by atomic mass is 9.47. The van der Waals surface area contributed by atoms with Gasteiger partial charge in [-0.3, -0.25) is 4.79 Å². The minimum absolute atomic E-state index is 0.0635. The monoisotopic (exact) mass is 462 g/mol. The molecular weight excluding hydrogens is 415 g/mol. The SMILES string of the molecule is CC(=O)O[C@H]1CC[C@@]2(C)C(=CC[C@H]3[C@@H]4CC[C@H]([C@H](C)CCC(O)C(C)(C)F)[C@@]4(C)CC[C@@H]32)C1. The predicted octanol–water partition coefficient (Wildman–Crippen LogP) is 7.02. The molecule has 1 unspecified atom stereocenters. The predicted molar refractivity (Wildman–Crippen MR) is 130 cm³/mol. The van der Waals surface area contributed by atoms with Crippen LogP contribution in [0.15, 0.2) is 11.6 Å². The molecule has 0 radical (unpaired) electrons. The molecule has 3 fully saturated rings. The van der Waals surface area contributed by atoms with E-state index in [-0.39, 0.29) is 17.5 Å². The standard InChI is InChI=1S/C29H47FO3/c1-18(7-12-26(32)27(3,4)30)23-10-11-24-22-9-8-20-17-21(33-19(2)31)13-15-28(20,5)25(22)14-16-29(23,24)6/h8,18,21-26,32H,7,9-17H2,1-6H3/t18-,21+,22+,23-,24+,25+,26?,28+,29-/m1/s1. The zero-order valence-corrected chi connectivity index (χ0v) is 21.8. The van der Waals surface area contributed by atoms with E-state index in [2.05, 4.69) is 26.8 Å². The van der Waals surface area contributed by atoms with Crippen molar-refractivity contribution in [2.75, 3.05) is 0 Å². The number of allylic oxidation sites excluding steroid dienone is 1. The van der Waals surface area contributed by atoms with E-state index in [4.69, 9.17) is 4.74 Å². The molecule has 0 spiro atoms. The minimum atomic E-state index is -1.52. The number of carbonyl (C=O) groups excluding carboxylic acids is 1. The maximum Gasteiger partial charge on any atom is 0.302 e. The van der Waals surface area contributed by atoms with E-state index in [0.717, 1.165) is 43.4 Å². The number of aliphatic hydroxyl groups excluding tert-OH is 1. The zero-order valence-electron chi connectivity index (χ0n) is 21.8. The van der Waals surface area contributed by atoms with Crippen LogP contribution in [0.4, 0.5) is 4.39 Å². The quantitative estimate of drug-likeness (QED) is 0.341. The van der Waals surface area contributed by atoms with Crippen LogP contribution >= 0.6 is 0 Å². The maximum atomic E-state index is 14.1. The Balaban J connectivity index is 1.46. The van der Waals surface area contributed by atoms with Gasteiger partial charge in [-0.05, 0) is 112 Å². The Hall–Kier alpha value is -0.900. The first-order valence-electron chi connectivity index (χ1n) is 13.6. The van der Waals surface area contributed by atoms with Crippen LogP contribution in [0.3, 0.4) is 0 Å². The van der Waals surface area contributed by atoms with Crippen LogP contribution in [-0.4, -0.2) is 29.0 Å². The number of rotatable bonds is 6. The summed E-state index contributed by atoms with van der Waals surface area (Å²) in [4.78, 5) is 11.5. The number of fused-ring (bicyclic) bond motifs is 5. The van der Waals surface area contributed by atoms with Crippen LogP contribution in [0.25, 0.3) is 0 Å². The second-order valence-corrected chi connectivity index (χ2v) is 13.1. The summed E-state index contributed by atoms with van der Waals surface area (Å²) in [5.74, 6) is 3.33. The van der Waals surface area contributed by atoms with Gasteiger partial charge in [-0.1, -0.05) is 32.4 Å². The molecule has 1 N–H and O–H groups in total. The fourth-order valence-corrected chi connectivity index (χ4v) is 8.90. The fourth-order valence-electron chi connectivity index (χ4n) is 8.90. The van der Waals surface area contributed by atoms with Gasteiger partial charge in [-0.15, -0.1) is 0 Å². The Morgan fingerprint density at radius 2 is 1.91 bits per heavy atom. The van der Waals surface area contributed by atoms with Gasteiger partial charge in [0.2, 0.25) is 0 Å². The molecule has 4 heteroatoms. The molecule has 3 saturated carbocycles.